The van der Waals surface area contributed by atoms with Crippen LogP contribution < -0.4 is 9.64 Å². The van der Waals surface area contributed by atoms with Gasteiger partial charge in [-0.2, -0.15) is 0 Å². The molecule has 0 bridgehead atoms. The maximum absolute atomic E-state index is 13.0. The van der Waals surface area contributed by atoms with E-state index in [-0.39, 0.29) is 29.2 Å². The summed E-state index contributed by atoms with van der Waals surface area (Å²) in [4.78, 5) is 53.7. The van der Waals surface area contributed by atoms with Crippen molar-refractivity contribution in [2.45, 2.75) is 27.2 Å². The number of fused-ring (bicyclic) bond motifs is 1. The Hall–Kier alpha value is -3.68. The van der Waals surface area contributed by atoms with Gasteiger partial charge in [-0.05, 0) is 67.6 Å². The van der Waals surface area contributed by atoms with Gasteiger partial charge in [-0.15, -0.1) is 0 Å². The summed E-state index contributed by atoms with van der Waals surface area (Å²) in [6, 6.07) is 10.9. The van der Waals surface area contributed by atoms with Crippen LogP contribution in [0.4, 0.5) is 5.69 Å². The first kappa shape index (κ1) is 23.5. The van der Waals surface area contributed by atoms with Crippen molar-refractivity contribution in [1.29, 1.82) is 0 Å². The Morgan fingerprint density at radius 1 is 0.941 bits per heavy atom. The first-order valence-electron chi connectivity index (χ1n) is 11.5. The van der Waals surface area contributed by atoms with Crippen LogP contribution >= 0.6 is 0 Å². The number of benzene rings is 2. The lowest BCUT2D eigenvalue weighted by atomic mass is 9.92. The number of rotatable bonds is 6. The van der Waals surface area contributed by atoms with Gasteiger partial charge in [0.25, 0.3) is 17.7 Å². The standard InChI is InChI=1S/C26H28N2O6/c1-4-33-20-8-6-19(7-9-20)28-24(30)21-10-5-18(12-22(21)25(28)31)26(32)34-15-23(29)27-13-16(2)11-17(3)14-27/h5-10,12,16-17H,4,11,13-15H2,1-3H3/t16-,17-/m0/s1. The summed E-state index contributed by atoms with van der Waals surface area (Å²) < 4.78 is 10.6. The minimum absolute atomic E-state index is 0.113. The molecule has 0 spiro atoms. The van der Waals surface area contributed by atoms with E-state index in [4.69, 9.17) is 9.47 Å². The van der Waals surface area contributed by atoms with E-state index in [0.29, 0.717) is 43.0 Å². The van der Waals surface area contributed by atoms with Crippen LogP contribution in [0.15, 0.2) is 42.5 Å². The predicted molar refractivity (Wildman–Crippen MR) is 125 cm³/mol. The average Bonchev–Trinajstić information content (AvgIpc) is 3.07. The average molecular weight is 465 g/mol. The minimum Gasteiger partial charge on any atom is -0.494 e. The fourth-order valence-electron chi connectivity index (χ4n) is 4.63. The Bertz CT molecular complexity index is 1120. The molecule has 2 aliphatic rings. The first-order valence-corrected chi connectivity index (χ1v) is 11.5. The summed E-state index contributed by atoms with van der Waals surface area (Å²) in [7, 11) is 0. The van der Waals surface area contributed by atoms with Gasteiger partial charge in [-0.1, -0.05) is 13.8 Å². The van der Waals surface area contributed by atoms with E-state index in [2.05, 4.69) is 13.8 Å². The second kappa shape index (κ2) is 9.67. The summed E-state index contributed by atoms with van der Waals surface area (Å²) >= 11 is 0. The molecule has 0 aliphatic carbocycles. The highest BCUT2D eigenvalue weighted by atomic mass is 16.5. The van der Waals surface area contributed by atoms with Gasteiger partial charge in [0.1, 0.15) is 5.75 Å². The third kappa shape index (κ3) is 4.66. The number of anilines is 1. The maximum atomic E-state index is 13.0. The topological polar surface area (TPSA) is 93.2 Å². The van der Waals surface area contributed by atoms with Gasteiger partial charge in [0.05, 0.1) is 29.0 Å². The second-order valence-corrected chi connectivity index (χ2v) is 8.95. The zero-order valence-electron chi connectivity index (χ0n) is 19.6. The molecular formula is C26H28N2O6. The smallest absolute Gasteiger partial charge is 0.338 e. The summed E-state index contributed by atoms with van der Waals surface area (Å²) in [5, 5.41) is 0. The largest absolute Gasteiger partial charge is 0.494 e. The molecule has 8 heteroatoms. The number of carbonyl (C=O) groups excluding carboxylic acids is 4. The Morgan fingerprint density at radius 3 is 2.24 bits per heavy atom. The predicted octanol–water partition coefficient (Wildman–Crippen LogP) is 3.55. The summed E-state index contributed by atoms with van der Waals surface area (Å²) in [5.74, 6) is -0.492. The van der Waals surface area contributed by atoms with Crippen molar-refractivity contribution >= 4 is 29.4 Å². The zero-order valence-corrected chi connectivity index (χ0v) is 19.6. The van der Waals surface area contributed by atoms with E-state index in [9.17, 15) is 19.2 Å². The van der Waals surface area contributed by atoms with Crippen molar-refractivity contribution < 1.29 is 28.7 Å². The number of hydrogen-bond acceptors (Lipinski definition) is 6. The molecule has 0 saturated carbocycles. The molecule has 4 rings (SSSR count). The fraction of sp³-hybridized carbons (Fsp3) is 0.385. The molecule has 2 aliphatic heterocycles. The van der Waals surface area contributed by atoms with E-state index in [1.807, 2.05) is 6.92 Å². The van der Waals surface area contributed by atoms with Crippen molar-refractivity contribution in [3.63, 3.8) is 0 Å². The van der Waals surface area contributed by atoms with E-state index in [0.717, 1.165) is 11.3 Å². The van der Waals surface area contributed by atoms with Crippen molar-refractivity contribution in [2.24, 2.45) is 11.8 Å². The quantitative estimate of drug-likeness (QED) is 0.480. The summed E-state index contributed by atoms with van der Waals surface area (Å²) in [6.07, 6.45) is 1.07. The lowest BCUT2D eigenvalue weighted by Crippen LogP contribution is -2.44. The monoisotopic (exact) mass is 464 g/mol. The molecule has 2 atom stereocenters. The van der Waals surface area contributed by atoms with Gasteiger partial charge < -0.3 is 14.4 Å². The number of likely N-dealkylation sites (tertiary alicyclic amines) is 1. The summed E-state index contributed by atoms with van der Waals surface area (Å²) in [5.41, 5.74) is 0.858. The van der Waals surface area contributed by atoms with E-state index < -0.39 is 17.8 Å². The molecule has 2 aromatic rings. The van der Waals surface area contributed by atoms with Crippen molar-refractivity contribution in [2.75, 3.05) is 31.2 Å². The molecule has 2 heterocycles. The highest BCUT2D eigenvalue weighted by Crippen LogP contribution is 2.30. The Kier molecular flexibility index (Phi) is 6.68. The first-order chi connectivity index (χ1) is 16.3. The van der Waals surface area contributed by atoms with E-state index >= 15 is 0 Å². The Morgan fingerprint density at radius 2 is 1.59 bits per heavy atom. The van der Waals surface area contributed by atoms with Crippen LogP contribution in [0.1, 0.15) is 58.3 Å². The fourth-order valence-corrected chi connectivity index (χ4v) is 4.63. The molecule has 0 radical (unpaired) electrons. The van der Waals surface area contributed by atoms with E-state index in [1.165, 1.54) is 18.2 Å². The molecule has 0 N–H and O–H groups in total. The van der Waals surface area contributed by atoms with Crippen LogP contribution in [0.25, 0.3) is 0 Å². The molecule has 1 saturated heterocycles. The van der Waals surface area contributed by atoms with Crippen LogP contribution in [-0.2, 0) is 9.53 Å². The number of piperidine rings is 1. The second-order valence-electron chi connectivity index (χ2n) is 8.95. The van der Waals surface area contributed by atoms with Gasteiger partial charge in [-0.3, -0.25) is 14.4 Å². The SMILES string of the molecule is CCOc1ccc(N2C(=O)c3ccc(C(=O)OCC(=O)N4C[C@@H](C)C[C@H](C)C4)cc3C2=O)cc1. The van der Waals surface area contributed by atoms with Gasteiger partial charge >= 0.3 is 5.97 Å². The lowest BCUT2D eigenvalue weighted by Gasteiger charge is -2.34. The normalized spacial score (nSPS) is 19.7. The Labute approximate surface area is 198 Å². The number of carbonyl (C=O) groups is 4. The number of hydrogen-bond donors (Lipinski definition) is 0. The number of ether oxygens (including phenoxy) is 2. The zero-order chi connectivity index (χ0) is 24.4. The highest BCUT2D eigenvalue weighted by molar-refractivity contribution is 6.34. The van der Waals surface area contributed by atoms with Crippen LogP contribution in [0, 0.1) is 11.8 Å². The van der Waals surface area contributed by atoms with Gasteiger partial charge in [0.15, 0.2) is 6.61 Å². The van der Waals surface area contributed by atoms with Crippen LogP contribution in [-0.4, -0.2) is 54.9 Å². The van der Waals surface area contributed by atoms with Crippen LogP contribution in [0.3, 0.4) is 0 Å². The maximum Gasteiger partial charge on any atom is 0.338 e. The molecule has 34 heavy (non-hydrogen) atoms. The molecule has 0 unspecified atom stereocenters. The minimum atomic E-state index is -0.714. The van der Waals surface area contributed by atoms with Gasteiger partial charge in [0, 0.05) is 13.1 Å². The molecule has 0 aromatic heterocycles. The lowest BCUT2D eigenvalue weighted by molar-refractivity contribution is -0.137. The van der Waals surface area contributed by atoms with E-state index in [1.54, 1.807) is 29.2 Å². The molecule has 3 amide bonds. The summed E-state index contributed by atoms with van der Waals surface area (Å²) in [6.45, 7) is 7.51. The number of amides is 3. The van der Waals surface area contributed by atoms with Crippen LogP contribution in [0.5, 0.6) is 5.75 Å². The third-order valence-corrected chi connectivity index (χ3v) is 6.08. The molecular weight excluding hydrogens is 436 g/mol. The van der Waals surface area contributed by atoms with Gasteiger partial charge in [0.2, 0.25) is 0 Å². The Balaban J connectivity index is 1.44. The number of esters is 1. The van der Waals surface area contributed by atoms with Crippen molar-refractivity contribution in [3.8, 4) is 5.75 Å². The van der Waals surface area contributed by atoms with Crippen molar-refractivity contribution in [3.05, 3.63) is 59.2 Å². The third-order valence-electron chi connectivity index (χ3n) is 6.08. The molecule has 178 valence electrons. The molecule has 8 nitrogen and oxygen atoms in total. The number of imide groups is 1. The number of nitrogens with zero attached hydrogens (tertiary/aromatic N) is 2. The van der Waals surface area contributed by atoms with Gasteiger partial charge in [-0.25, -0.2) is 9.69 Å². The van der Waals surface area contributed by atoms with Crippen molar-refractivity contribution in [1.82, 2.24) is 4.90 Å². The molecule has 1 fully saturated rings. The molecule has 2 aromatic carbocycles. The highest BCUT2D eigenvalue weighted by Gasteiger charge is 2.37. The van der Waals surface area contributed by atoms with Crippen LogP contribution in [0.2, 0.25) is 0 Å².